The van der Waals surface area contributed by atoms with Gasteiger partial charge in [-0.3, -0.25) is 0 Å². The summed E-state index contributed by atoms with van der Waals surface area (Å²) in [5.41, 5.74) is 1.01. The zero-order valence-electron chi connectivity index (χ0n) is 11.3. The molecule has 0 bridgehead atoms. The van der Waals surface area contributed by atoms with Crippen molar-refractivity contribution in [2.45, 2.75) is 6.92 Å². The number of fused-ring (bicyclic) bond motifs is 1. The highest BCUT2D eigenvalue weighted by Crippen LogP contribution is 2.26. The Balaban J connectivity index is 2.40. The lowest BCUT2D eigenvalue weighted by Crippen LogP contribution is -2.05. The number of rotatable bonds is 3. The van der Waals surface area contributed by atoms with Gasteiger partial charge in [-0.1, -0.05) is 24.3 Å². The van der Waals surface area contributed by atoms with E-state index in [4.69, 9.17) is 10.00 Å². The molecule has 0 aliphatic rings. The van der Waals surface area contributed by atoms with Crippen molar-refractivity contribution in [3.05, 3.63) is 53.9 Å². The van der Waals surface area contributed by atoms with Crippen LogP contribution < -0.4 is 4.74 Å². The molecule has 3 nitrogen and oxygen atoms in total. The van der Waals surface area contributed by atoms with Crippen LogP contribution in [-0.4, -0.2) is 19.0 Å². The Bertz CT molecular complexity index is 666. The standard InChI is InChI=1S/C16H16N2O/c1-12-8-13-6-4-5-7-14(13)9-16(12)19-15(10-17)11-18(2)3/h4-9,11H,1-3H3. The molecule has 96 valence electrons. The van der Waals surface area contributed by atoms with Crippen molar-refractivity contribution in [2.24, 2.45) is 0 Å². The van der Waals surface area contributed by atoms with E-state index >= 15 is 0 Å². The number of aryl methyl sites for hydroxylation is 1. The second kappa shape index (κ2) is 5.45. The SMILES string of the molecule is Cc1cc2ccccc2cc1OC(C#N)=CN(C)C. The van der Waals surface area contributed by atoms with Gasteiger partial charge in [0.05, 0.1) is 6.20 Å². The fourth-order valence-corrected chi connectivity index (χ4v) is 1.87. The number of hydrogen-bond acceptors (Lipinski definition) is 3. The summed E-state index contributed by atoms with van der Waals surface area (Å²) >= 11 is 0. The predicted octanol–water partition coefficient (Wildman–Crippen LogP) is 3.45. The van der Waals surface area contributed by atoms with Gasteiger partial charge in [0.1, 0.15) is 11.8 Å². The fourth-order valence-electron chi connectivity index (χ4n) is 1.87. The molecule has 0 radical (unpaired) electrons. The highest BCUT2D eigenvalue weighted by Gasteiger charge is 2.06. The highest BCUT2D eigenvalue weighted by molar-refractivity contribution is 5.84. The van der Waals surface area contributed by atoms with Crippen LogP contribution in [0.2, 0.25) is 0 Å². The van der Waals surface area contributed by atoms with Crippen LogP contribution in [0.4, 0.5) is 0 Å². The molecule has 0 fully saturated rings. The van der Waals surface area contributed by atoms with E-state index in [0.717, 1.165) is 10.9 Å². The van der Waals surface area contributed by atoms with Crippen molar-refractivity contribution in [3.8, 4) is 11.8 Å². The van der Waals surface area contributed by atoms with Crippen LogP contribution in [0.5, 0.6) is 5.75 Å². The summed E-state index contributed by atoms with van der Waals surface area (Å²) in [4.78, 5) is 1.79. The van der Waals surface area contributed by atoms with Gasteiger partial charge in [-0.25, -0.2) is 0 Å². The quantitative estimate of drug-likeness (QED) is 0.620. The summed E-state index contributed by atoms with van der Waals surface area (Å²) in [6.45, 7) is 1.98. The van der Waals surface area contributed by atoms with E-state index in [-0.39, 0.29) is 5.76 Å². The van der Waals surface area contributed by atoms with Gasteiger partial charge in [-0.05, 0) is 35.4 Å². The summed E-state index contributed by atoms with van der Waals surface area (Å²) < 4.78 is 5.67. The summed E-state index contributed by atoms with van der Waals surface area (Å²) in [5, 5.41) is 11.3. The molecule has 0 saturated carbocycles. The molecule has 0 N–H and O–H groups in total. The maximum atomic E-state index is 9.07. The minimum atomic E-state index is 0.281. The lowest BCUT2D eigenvalue weighted by Gasteiger charge is -2.11. The molecule has 0 heterocycles. The molecule has 0 aliphatic carbocycles. The summed E-state index contributed by atoms with van der Waals surface area (Å²) in [6.07, 6.45) is 1.66. The highest BCUT2D eigenvalue weighted by atomic mass is 16.5. The third-order valence-corrected chi connectivity index (χ3v) is 2.75. The van der Waals surface area contributed by atoms with Gasteiger partial charge < -0.3 is 9.64 Å². The van der Waals surface area contributed by atoms with Crippen molar-refractivity contribution in [2.75, 3.05) is 14.1 Å². The number of hydrogen-bond donors (Lipinski definition) is 0. The normalized spacial score (nSPS) is 11.2. The van der Waals surface area contributed by atoms with Crippen molar-refractivity contribution >= 4 is 10.8 Å². The number of benzene rings is 2. The number of nitriles is 1. The van der Waals surface area contributed by atoms with E-state index in [0.29, 0.717) is 5.75 Å². The molecule has 0 atom stereocenters. The van der Waals surface area contributed by atoms with Gasteiger partial charge in [0, 0.05) is 14.1 Å². The molecule has 19 heavy (non-hydrogen) atoms. The Labute approximate surface area is 113 Å². The molecule has 0 spiro atoms. The Hall–Kier alpha value is -2.47. The van der Waals surface area contributed by atoms with E-state index in [9.17, 15) is 0 Å². The molecule has 2 rings (SSSR count). The molecule has 2 aromatic rings. The Morgan fingerprint density at radius 2 is 1.84 bits per heavy atom. The van der Waals surface area contributed by atoms with Crippen LogP contribution in [0.25, 0.3) is 10.8 Å². The molecule has 0 saturated heterocycles. The van der Waals surface area contributed by atoms with Crippen LogP contribution in [0, 0.1) is 18.3 Å². The largest absolute Gasteiger partial charge is 0.444 e. The fraction of sp³-hybridized carbons (Fsp3) is 0.188. The molecular formula is C16H16N2O. The van der Waals surface area contributed by atoms with Crippen LogP contribution in [0.1, 0.15) is 5.56 Å². The van der Waals surface area contributed by atoms with Gasteiger partial charge in [0.2, 0.25) is 5.76 Å². The maximum Gasteiger partial charge on any atom is 0.219 e. The van der Waals surface area contributed by atoms with Crippen LogP contribution >= 0.6 is 0 Å². The Morgan fingerprint density at radius 1 is 1.21 bits per heavy atom. The predicted molar refractivity (Wildman–Crippen MR) is 76.7 cm³/mol. The van der Waals surface area contributed by atoms with Crippen LogP contribution in [0.3, 0.4) is 0 Å². The van der Waals surface area contributed by atoms with Crippen molar-refractivity contribution in [1.29, 1.82) is 5.26 Å². The van der Waals surface area contributed by atoms with Gasteiger partial charge in [0.25, 0.3) is 0 Å². The third-order valence-electron chi connectivity index (χ3n) is 2.75. The van der Waals surface area contributed by atoms with Gasteiger partial charge in [-0.2, -0.15) is 5.26 Å². The minimum Gasteiger partial charge on any atom is -0.444 e. The first-order valence-corrected chi connectivity index (χ1v) is 6.06. The molecule has 0 aromatic heterocycles. The lowest BCUT2D eigenvalue weighted by molar-refractivity contribution is 0.421. The Kier molecular flexibility index (Phi) is 3.72. The number of allylic oxidation sites excluding steroid dienone is 1. The van der Waals surface area contributed by atoms with Crippen molar-refractivity contribution < 1.29 is 4.74 Å². The van der Waals surface area contributed by atoms with E-state index in [2.05, 4.69) is 18.2 Å². The molecule has 0 aliphatic heterocycles. The molecular weight excluding hydrogens is 236 g/mol. The van der Waals surface area contributed by atoms with Gasteiger partial charge in [0.15, 0.2) is 0 Å². The zero-order chi connectivity index (χ0) is 13.8. The second-order valence-electron chi connectivity index (χ2n) is 4.64. The minimum absolute atomic E-state index is 0.281. The van der Waals surface area contributed by atoms with Crippen LogP contribution in [-0.2, 0) is 0 Å². The number of nitrogens with zero attached hydrogens (tertiary/aromatic N) is 2. The van der Waals surface area contributed by atoms with Gasteiger partial charge in [-0.15, -0.1) is 0 Å². The Morgan fingerprint density at radius 3 is 2.42 bits per heavy atom. The number of ether oxygens (including phenoxy) is 1. The third kappa shape index (κ3) is 3.05. The average molecular weight is 252 g/mol. The summed E-state index contributed by atoms with van der Waals surface area (Å²) in [7, 11) is 3.71. The first-order chi connectivity index (χ1) is 9.10. The zero-order valence-corrected chi connectivity index (χ0v) is 11.3. The first-order valence-electron chi connectivity index (χ1n) is 6.06. The molecule has 0 unspecified atom stereocenters. The topological polar surface area (TPSA) is 36.3 Å². The molecule has 2 aromatic carbocycles. The van der Waals surface area contributed by atoms with Crippen molar-refractivity contribution in [3.63, 3.8) is 0 Å². The summed E-state index contributed by atoms with van der Waals surface area (Å²) in [6, 6.07) is 14.2. The van der Waals surface area contributed by atoms with E-state index in [1.54, 1.807) is 11.1 Å². The lowest BCUT2D eigenvalue weighted by atomic mass is 10.1. The van der Waals surface area contributed by atoms with E-state index < -0.39 is 0 Å². The molecule has 3 heteroatoms. The molecule has 0 amide bonds. The van der Waals surface area contributed by atoms with Crippen molar-refractivity contribution in [1.82, 2.24) is 4.90 Å². The smallest absolute Gasteiger partial charge is 0.219 e. The van der Waals surface area contributed by atoms with Crippen LogP contribution in [0.15, 0.2) is 48.4 Å². The monoisotopic (exact) mass is 252 g/mol. The van der Waals surface area contributed by atoms with E-state index in [1.165, 1.54) is 5.39 Å². The maximum absolute atomic E-state index is 9.07. The van der Waals surface area contributed by atoms with E-state index in [1.807, 2.05) is 45.3 Å². The van der Waals surface area contributed by atoms with Gasteiger partial charge >= 0.3 is 0 Å². The average Bonchev–Trinajstić information content (AvgIpc) is 2.38. The summed E-state index contributed by atoms with van der Waals surface area (Å²) in [5.74, 6) is 0.997. The second-order valence-corrected chi connectivity index (χ2v) is 4.64. The first kappa shape index (κ1) is 13.0.